The van der Waals surface area contributed by atoms with Crippen molar-refractivity contribution in [1.29, 1.82) is 0 Å². The minimum absolute atomic E-state index is 0.295. The van der Waals surface area contributed by atoms with Crippen molar-refractivity contribution in [3.05, 3.63) is 24.9 Å². The van der Waals surface area contributed by atoms with Crippen LogP contribution in [0.2, 0.25) is 0 Å². The topological polar surface area (TPSA) is 42.0 Å². The smallest absolute Gasteiger partial charge is 0.431 e. The van der Waals surface area contributed by atoms with Gasteiger partial charge in [-0.15, -0.1) is 6.58 Å². The van der Waals surface area contributed by atoms with Gasteiger partial charge in [0, 0.05) is 12.7 Å². The third kappa shape index (κ3) is 6.09. The Hall–Kier alpha value is -1.33. The maximum Gasteiger partial charge on any atom is 0.431 e. The molecule has 5 heteroatoms. The lowest BCUT2D eigenvalue weighted by Crippen LogP contribution is -2.45. The van der Waals surface area contributed by atoms with E-state index in [4.69, 9.17) is 9.57 Å². The van der Waals surface area contributed by atoms with Crippen LogP contribution >= 0.6 is 0 Å². The number of hydrogen-bond acceptors (Lipinski definition) is 4. The fourth-order valence-corrected chi connectivity index (χ4v) is 1.03. The van der Waals surface area contributed by atoms with Crippen molar-refractivity contribution in [3.63, 3.8) is 0 Å². The molecule has 0 radical (unpaired) electrons. The predicted molar refractivity (Wildman–Crippen MR) is 66.8 cm³/mol. The Morgan fingerprint density at radius 3 is 2.29 bits per heavy atom. The summed E-state index contributed by atoms with van der Waals surface area (Å²) in [6, 6.07) is 0. The lowest BCUT2D eigenvalue weighted by atomic mass is 10.2. The second-order valence-corrected chi connectivity index (χ2v) is 4.58. The average Bonchev–Trinajstić information content (AvgIpc) is 2.10. The normalized spacial score (nSPS) is 11.2. The SMILES string of the molecule is C=CCON(C)N(C(=C)C)C(=O)OC(C)(C)C. The minimum Gasteiger partial charge on any atom is -0.442 e. The Kier molecular flexibility index (Phi) is 5.91. The molecule has 0 N–H and O–H groups in total. The summed E-state index contributed by atoms with van der Waals surface area (Å²) in [4.78, 5) is 17.1. The summed E-state index contributed by atoms with van der Waals surface area (Å²) < 4.78 is 5.24. The number of hydroxylamine groups is 1. The first kappa shape index (κ1) is 15.7. The van der Waals surface area contributed by atoms with Crippen molar-refractivity contribution in [3.8, 4) is 0 Å². The number of allylic oxidation sites excluding steroid dienone is 1. The number of carbonyl (C=O) groups excluding carboxylic acids is 1. The van der Waals surface area contributed by atoms with E-state index in [0.717, 1.165) is 0 Å². The monoisotopic (exact) mass is 242 g/mol. The van der Waals surface area contributed by atoms with Crippen molar-refractivity contribution >= 4 is 6.09 Å². The molecule has 0 aromatic heterocycles. The van der Waals surface area contributed by atoms with Gasteiger partial charge in [-0.3, -0.25) is 4.84 Å². The fraction of sp³-hybridized carbons (Fsp3) is 0.583. The summed E-state index contributed by atoms with van der Waals surface area (Å²) in [5, 5.41) is 2.49. The van der Waals surface area contributed by atoms with E-state index in [2.05, 4.69) is 13.2 Å². The first-order valence-corrected chi connectivity index (χ1v) is 5.35. The molecule has 0 spiro atoms. The molecule has 0 saturated heterocycles. The molecule has 0 aliphatic rings. The summed E-state index contributed by atoms with van der Waals surface area (Å²) in [7, 11) is 1.60. The van der Waals surface area contributed by atoms with Gasteiger partial charge < -0.3 is 4.74 Å². The molecule has 0 unspecified atom stereocenters. The Balaban J connectivity index is 4.67. The fourth-order valence-electron chi connectivity index (χ4n) is 1.03. The van der Waals surface area contributed by atoms with E-state index in [-0.39, 0.29) is 0 Å². The zero-order valence-corrected chi connectivity index (χ0v) is 11.3. The molecule has 0 heterocycles. The molecule has 0 aliphatic carbocycles. The molecule has 17 heavy (non-hydrogen) atoms. The van der Waals surface area contributed by atoms with Gasteiger partial charge in [0.15, 0.2) is 0 Å². The van der Waals surface area contributed by atoms with E-state index in [1.165, 1.54) is 10.2 Å². The third-order valence-electron chi connectivity index (χ3n) is 1.59. The Morgan fingerprint density at radius 2 is 1.94 bits per heavy atom. The van der Waals surface area contributed by atoms with Crippen LogP contribution in [0.1, 0.15) is 27.7 Å². The van der Waals surface area contributed by atoms with Gasteiger partial charge in [0.05, 0.1) is 6.61 Å². The van der Waals surface area contributed by atoms with E-state index in [0.29, 0.717) is 12.3 Å². The van der Waals surface area contributed by atoms with Crippen LogP contribution in [0.3, 0.4) is 0 Å². The van der Waals surface area contributed by atoms with Gasteiger partial charge in [0.2, 0.25) is 0 Å². The maximum absolute atomic E-state index is 11.9. The molecule has 0 aliphatic heterocycles. The maximum atomic E-state index is 11.9. The van der Waals surface area contributed by atoms with Crippen molar-refractivity contribution in [2.24, 2.45) is 0 Å². The molecule has 0 rings (SSSR count). The van der Waals surface area contributed by atoms with Crippen LogP contribution in [0.4, 0.5) is 4.79 Å². The van der Waals surface area contributed by atoms with E-state index in [9.17, 15) is 4.79 Å². The van der Waals surface area contributed by atoms with E-state index >= 15 is 0 Å². The van der Waals surface area contributed by atoms with Gasteiger partial charge in [-0.05, 0) is 27.7 Å². The van der Waals surface area contributed by atoms with Gasteiger partial charge in [0.25, 0.3) is 0 Å². The number of nitrogens with zero attached hydrogens (tertiary/aromatic N) is 2. The van der Waals surface area contributed by atoms with E-state index < -0.39 is 11.7 Å². The number of carbonyl (C=O) groups is 1. The molecule has 0 aromatic carbocycles. The molecule has 0 bridgehead atoms. The molecule has 5 nitrogen and oxygen atoms in total. The van der Waals surface area contributed by atoms with Crippen molar-refractivity contribution < 1.29 is 14.4 Å². The summed E-state index contributed by atoms with van der Waals surface area (Å²) in [6.45, 7) is 14.6. The summed E-state index contributed by atoms with van der Waals surface area (Å²) >= 11 is 0. The first-order valence-electron chi connectivity index (χ1n) is 5.35. The highest BCUT2D eigenvalue weighted by Gasteiger charge is 2.26. The minimum atomic E-state index is -0.565. The average molecular weight is 242 g/mol. The summed E-state index contributed by atoms with van der Waals surface area (Å²) in [6.07, 6.45) is 1.05. The summed E-state index contributed by atoms with van der Waals surface area (Å²) in [5.41, 5.74) is -0.0600. The van der Waals surface area contributed by atoms with Gasteiger partial charge in [-0.2, -0.15) is 5.01 Å². The zero-order chi connectivity index (χ0) is 13.6. The number of hydrogen-bond donors (Lipinski definition) is 0. The van der Waals surface area contributed by atoms with Crippen molar-refractivity contribution in [2.45, 2.75) is 33.3 Å². The number of hydrazine groups is 1. The highest BCUT2D eigenvalue weighted by atomic mass is 16.7. The van der Waals surface area contributed by atoms with Gasteiger partial charge in [0.1, 0.15) is 5.60 Å². The van der Waals surface area contributed by atoms with Crippen LogP contribution in [0.15, 0.2) is 24.9 Å². The van der Waals surface area contributed by atoms with Gasteiger partial charge in [-0.1, -0.05) is 17.8 Å². The molecule has 0 fully saturated rings. The highest BCUT2D eigenvalue weighted by Crippen LogP contribution is 2.14. The van der Waals surface area contributed by atoms with Gasteiger partial charge in [-0.25, -0.2) is 4.79 Å². The Bertz CT molecular complexity index is 295. The lowest BCUT2D eigenvalue weighted by molar-refractivity contribution is -0.234. The number of ether oxygens (including phenoxy) is 1. The second kappa shape index (κ2) is 6.42. The largest absolute Gasteiger partial charge is 0.442 e. The van der Waals surface area contributed by atoms with Crippen molar-refractivity contribution in [2.75, 3.05) is 13.7 Å². The molecule has 0 aromatic rings. The quantitative estimate of drug-likeness (QED) is 0.549. The van der Waals surface area contributed by atoms with Gasteiger partial charge >= 0.3 is 6.09 Å². The molecular weight excluding hydrogens is 220 g/mol. The zero-order valence-electron chi connectivity index (χ0n) is 11.3. The van der Waals surface area contributed by atoms with Crippen LogP contribution in [0.25, 0.3) is 0 Å². The van der Waals surface area contributed by atoms with Crippen LogP contribution in [-0.4, -0.2) is 35.5 Å². The third-order valence-corrected chi connectivity index (χ3v) is 1.59. The standard InChI is InChI=1S/C12H22N2O3/c1-8-9-16-13(7)14(10(2)3)11(15)17-12(4,5)6/h8H,1-2,9H2,3-7H3. The molecular formula is C12H22N2O3. The van der Waals surface area contributed by atoms with Crippen LogP contribution in [-0.2, 0) is 9.57 Å². The molecule has 0 atom stereocenters. The van der Waals surface area contributed by atoms with E-state index in [1.807, 2.05) is 0 Å². The molecule has 0 saturated carbocycles. The predicted octanol–water partition coefficient (Wildman–Crippen LogP) is 2.72. The first-order chi connectivity index (χ1) is 7.69. The number of rotatable bonds is 5. The summed E-state index contributed by atoms with van der Waals surface area (Å²) in [5.74, 6) is 0. The number of amides is 1. The Labute approximate surface area is 103 Å². The lowest BCUT2D eigenvalue weighted by Gasteiger charge is -2.32. The highest BCUT2D eigenvalue weighted by molar-refractivity contribution is 5.69. The Morgan fingerprint density at radius 1 is 1.41 bits per heavy atom. The molecule has 98 valence electrons. The van der Waals surface area contributed by atoms with E-state index in [1.54, 1.807) is 40.8 Å². The second-order valence-electron chi connectivity index (χ2n) is 4.58. The van der Waals surface area contributed by atoms with Crippen LogP contribution in [0, 0.1) is 0 Å². The van der Waals surface area contributed by atoms with Crippen LogP contribution < -0.4 is 0 Å². The molecule has 1 amide bonds. The van der Waals surface area contributed by atoms with Crippen molar-refractivity contribution in [1.82, 2.24) is 10.2 Å². The van der Waals surface area contributed by atoms with Crippen LogP contribution in [0.5, 0.6) is 0 Å².